The number of piperidine rings is 1. The van der Waals surface area contributed by atoms with Crippen molar-refractivity contribution in [2.75, 3.05) is 26.2 Å². The second-order valence-corrected chi connectivity index (χ2v) is 11.6. The molecular formula is C26H35N5O5S. The van der Waals surface area contributed by atoms with Crippen LogP contribution in [0.25, 0.3) is 0 Å². The number of phenols is 1. The summed E-state index contributed by atoms with van der Waals surface area (Å²) in [5, 5.41) is 18.0. The number of rotatable bonds is 10. The molecule has 2 aromatic rings. The number of amides is 2. The highest BCUT2D eigenvalue weighted by Gasteiger charge is 2.33. The van der Waals surface area contributed by atoms with Crippen molar-refractivity contribution >= 4 is 27.7 Å². The van der Waals surface area contributed by atoms with Crippen molar-refractivity contribution in [1.82, 2.24) is 9.21 Å². The van der Waals surface area contributed by atoms with Crippen LogP contribution in [0, 0.1) is 11.3 Å². The van der Waals surface area contributed by atoms with Gasteiger partial charge in [0.1, 0.15) is 16.5 Å². The van der Waals surface area contributed by atoms with Crippen LogP contribution in [0.4, 0.5) is 0 Å². The molecule has 0 aromatic heterocycles. The SMILES string of the molecule is CC(C)c1ccc(CCN(CC(=O)N2CCCC(C(N)=O)C2)S(=O)(=O)c2cc(C(=N)N)ccc2O)cc1. The Morgan fingerprint density at radius 2 is 1.84 bits per heavy atom. The summed E-state index contributed by atoms with van der Waals surface area (Å²) in [7, 11) is -4.35. The third kappa shape index (κ3) is 6.86. The molecule has 1 saturated heterocycles. The molecule has 6 N–H and O–H groups in total. The number of primary amides is 1. The highest BCUT2D eigenvalue weighted by Crippen LogP contribution is 2.28. The minimum atomic E-state index is -4.35. The van der Waals surface area contributed by atoms with Crippen LogP contribution in [0.5, 0.6) is 5.75 Å². The first-order valence-electron chi connectivity index (χ1n) is 12.2. The van der Waals surface area contributed by atoms with Gasteiger partial charge in [-0.05, 0) is 54.5 Å². The Morgan fingerprint density at radius 3 is 2.43 bits per heavy atom. The van der Waals surface area contributed by atoms with Gasteiger partial charge < -0.3 is 21.5 Å². The first-order valence-corrected chi connectivity index (χ1v) is 13.7. The van der Waals surface area contributed by atoms with E-state index in [9.17, 15) is 23.1 Å². The number of likely N-dealkylation sites (tertiary alicyclic amines) is 1. The zero-order valence-corrected chi connectivity index (χ0v) is 22.0. The van der Waals surface area contributed by atoms with Gasteiger partial charge in [0.2, 0.25) is 21.8 Å². The van der Waals surface area contributed by atoms with E-state index in [0.29, 0.717) is 31.7 Å². The number of hydrogen-bond donors (Lipinski definition) is 4. The molecule has 0 saturated carbocycles. The Bertz CT molecular complexity index is 1260. The summed E-state index contributed by atoms with van der Waals surface area (Å²) >= 11 is 0. The van der Waals surface area contributed by atoms with Gasteiger partial charge in [-0.1, -0.05) is 38.1 Å². The van der Waals surface area contributed by atoms with Gasteiger partial charge in [0.15, 0.2) is 0 Å². The Hall–Kier alpha value is -3.44. The van der Waals surface area contributed by atoms with E-state index >= 15 is 0 Å². The number of nitrogens with zero attached hydrogens (tertiary/aromatic N) is 2. The molecule has 2 aromatic carbocycles. The van der Waals surface area contributed by atoms with Gasteiger partial charge in [-0.15, -0.1) is 0 Å². The van der Waals surface area contributed by atoms with Crippen LogP contribution in [0.2, 0.25) is 0 Å². The molecule has 1 atom stereocenters. The maximum atomic E-state index is 13.7. The van der Waals surface area contributed by atoms with Gasteiger partial charge in [-0.25, -0.2) is 8.42 Å². The van der Waals surface area contributed by atoms with Crippen molar-refractivity contribution in [1.29, 1.82) is 5.41 Å². The van der Waals surface area contributed by atoms with Crippen molar-refractivity contribution in [2.24, 2.45) is 17.4 Å². The molecule has 0 bridgehead atoms. The number of hydrogen-bond acceptors (Lipinski definition) is 6. The number of phenolic OH excluding ortho intramolecular Hbond substituents is 1. The molecule has 11 heteroatoms. The molecule has 10 nitrogen and oxygen atoms in total. The summed E-state index contributed by atoms with van der Waals surface area (Å²) in [6, 6.07) is 11.5. The Kier molecular flexibility index (Phi) is 8.93. The number of nitrogens with two attached hydrogens (primary N) is 2. The summed E-state index contributed by atoms with van der Waals surface area (Å²) in [4.78, 5) is 25.9. The maximum absolute atomic E-state index is 13.7. The normalized spacial score (nSPS) is 16.2. The van der Waals surface area contributed by atoms with E-state index in [0.717, 1.165) is 27.6 Å². The topological polar surface area (TPSA) is 171 Å². The molecule has 2 amide bonds. The van der Waals surface area contributed by atoms with Gasteiger partial charge in [-0.2, -0.15) is 4.31 Å². The fourth-order valence-corrected chi connectivity index (χ4v) is 5.82. The van der Waals surface area contributed by atoms with E-state index < -0.39 is 44.9 Å². The van der Waals surface area contributed by atoms with E-state index in [4.69, 9.17) is 16.9 Å². The van der Waals surface area contributed by atoms with Crippen LogP contribution >= 0.6 is 0 Å². The zero-order valence-electron chi connectivity index (χ0n) is 21.2. The standard InChI is InChI=1S/C26H35N5O5S/c1-17(2)19-7-5-18(6-8-19)11-13-31(16-24(33)30-12-3-4-21(15-30)26(29)34)37(35,36)23-14-20(25(27)28)9-10-22(23)32/h5-10,14,17,21,32H,3-4,11-13,15-16H2,1-2H3,(H3,27,28)(H2,29,34). The van der Waals surface area contributed by atoms with Crippen molar-refractivity contribution in [3.05, 3.63) is 59.2 Å². The molecule has 1 aliphatic rings. The van der Waals surface area contributed by atoms with Crippen LogP contribution in [0.3, 0.4) is 0 Å². The summed E-state index contributed by atoms with van der Waals surface area (Å²) in [5.74, 6) is -1.91. The predicted molar refractivity (Wildman–Crippen MR) is 141 cm³/mol. The number of nitrogen functional groups attached to an aromatic ring is 1. The predicted octanol–water partition coefficient (Wildman–Crippen LogP) is 1.76. The molecule has 1 heterocycles. The number of benzene rings is 2. The largest absolute Gasteiger partial charge is 0.507 e. The van der Waals surface area contributed by atoms with Gasteiger partial charge in [-0.3, -0.25) is 15.0 Å². The number of carbonyl (C=O) groups excluding carboxylic acids is 2. The Labute approximate surface area is 217 Å². The summed E-state index contributed by atoms with van der Waals surface area (Å²) in [6.07, 6.45) is 1.51. The van der Waals surface area contributed by atoms with E-state index in [1.165, 1.54) is 11.0 Å². The third-order valence-corrected chi connectivity index (χ3v) is 8.55. The minimum absolute atomic E-state index is 0.0219. The number of carbonyl (C=O) groups is 2. The monoisotopic (exact) mass is 529 g/mol. The number of amidine groups is 1. The summed E-state index contributed by atoms with van der Waals surface area (Å²) in [5.41, 5.74) is 13.1. The van der Waals surface area contributed by atoms with Crippen molar-refractivity contribution in [2.45, 2.75) is 43.9 Å². The lowest BCUT2D eigenvalue weighted by Crippen LogP contribution is -2.49. The molecule has 0 spiro atoms. The fourth-order valence-electron chi connectivity index (χ4n) is 4.32. The lowest BCUT2D eigenvalue weighted by Gasteiger charge is -2.33. The molecule has 1 aliphatic heterocycles. The fraction of sp³-hybridized carbons (Fsp3) is 0.423. The van der Waals surface area contributed by atoms with E-state index in [1.54, 1.807) is 0 Å². The molecule has 1 unspecified atom stereocenters. The highest BCUT2D eigenvalue weighted by atomic mass is 32.2. The second kappa shape index (κ2) is 11.7. The van der Waals surface area contributed by atoms with Crippen molar-refractivity contribution in [3.63, 3.8) is 0 Å². The van der Waals surface area contributed by atoms with Crippen molar-refractivity contribution in [3.8, 4) is 5.75 Å². The molecule has 3 rings (SSSR count). The van der Waals surface area contributed by atoms with Crippen molar-refractivity contribution < 1.29 is 23.1 Å². The van der Waals surface area contributed by atoms with E-state index in [-0.39, 0.29) is 24.5 Å². The van der Waals surface area contributed by atoms with Crippen LogP contribution in [0.15, 0.2) is 47.4 Å². The maximum Gasteiger partial charge on any atom is 0.247 e. The first kappa shape index (κ1) is 28.1. The van der Waals surface area contributed by atoms with Crippen LogP contribution in [-0.2, 0) is 26.0 Å². The van der Waals surface area contributed by atoms with E-state index in [2.05, 4.69) is 13.8 Å². The molecular weight excluding hydrogens is 494 g/mol. The second-order valence-electron chi connectivity index (χ2n) is 9.66. The van der Waals surface area contributed by atoms with E-state index in [1.807, 2.05) is 24.3 Å². The van der Waals surface area contributed by atoms with Crippen LogP contribution in [0.1, 0.15) is 49.3 Å². The number of nitrogens with one attached hydrogen (secondary N) is 1. The van der Waals surface area contributed by atoms with Crippen LogP contribution in [-0.4, -0.2) is 66.6 Å². The number of aromatic hydroxyl groups is 1. The molecule has 37 heavy (non-hydrogen) atoms. The molecule has 0 radical (unpaired) electrons. The van der Waals surface area contributed by atoms with Gasteiger partial charge in [0.25, 0.3) is 0 Å². The quantitative estimate of drug-likeness (QED) is 0.270. The highest BCUT2D eigenvalue weighted by molar-refractivity contribution is 7.89. The minimum Gasteiger partial charge on any atom is -0.507 e. The molecule has 200 valence electrons. The summed E-state index contributed by atoms with van der Waals surface area (Å²) < 4.78 is 28.4. The summed E-state index contributed by atoms with van der Waals surface area (Å²) in [6.45, 7) is 4.22. The average molecular weight is 530 g/mol. The Balaban J connectivity index is 1.90. The average Bonchev–Trinajstić information content (AvgIpc) is 2.86. The molecule has 1 fully saturated rings. The third-order valence-electron chi connectivity index (χ3n) is 6.67. The van der Waals surface area contributed by atoms with Crippen LogP contribution < -0.4 is 11.5 Å². The smallest absolute Gasteiger partial charge is 0.247 e. The zero-order chi connectivity index (χ0) is 27.3. The molecule has 0 aliphatic carbocycles. The Morgan fingerprint density at radius 1 is 1.16 bits per heavy atom. The first-order chi connectivity index (χ1) is 17.4. The van der Waals surface area contributed by atoms with Gasteiger partial charge in [0, 0.05) is 25.2 Å². The number of sulfonamides is 1. The van der Waals surface area contributed by atoms with Gasteiger partial charge >= 0.3 is 0 Å². The lowest BCUT2D eigenvalue weighted by atomic mass is 9.97. The van der Waals surface area contributed by atoms with Gasteiger partial charge in [0.05, 0.1) is 12.5 Å². The lowest BCUT2D eigenvalue weighted by molar-refractivity contribution is -0.135.